The Bertz CT molecular complexity index is 536. The molecule has 7 nitrogen and oxygen atoms in total. The lowest BCUT2D eigenvalue weighted by Crippen LogP contribution is -2.48. The number of carbonyl (C=O) groups is 3. The Kier molecular flexibility index (Phi) is 7.32. The Hall–Kier alpha value is -2.31. The monoisotopic (exact) mass is 335 g/mol. The number of amides is 3. The van der Waals surface area contributed by atoms with Crippen molar-refractivity contribution in [3.05, 3.63) is 24.2 Å². The second kappa shape index (κ2) is 9.75. The van der Waals surface area contributed by atoms with Crippen molar-refractivity contribution in [2.45, 2.75) is 57.9 Å². The third-order valence-electron chi connectivity index (χ3n) is 4.27. The lowest BCUT2D eigenvalue weighted by Gasteiger charge is -2.21. The quantitative estimate of drug-likeness (QED) is 0.545. The fourth-order valence-corrected chi connectivity index (χ4v) is 2.93. The van der Waals surface area contributed by atoms with Crippen molar-refractivity contribution in [3.63, 3.8) is 0 Å². The van der Waals surface area contributed by atoms with Crippen LogP contribution in [0.25, 0.3) is 0 Å². The third-order valence-corrected chi connectivity index (χ3v) is 4.27. The van der Waals surface area contributed by atoms with Gasteiger partial charge in [-0.15, -0.1) is 0 Å². The van der Waals surface area contributed by atoms with Gasteiger partial charge in [0.2, 0.25) is 5.91 Å². The molecule has 3 amide bonds. The van der Waals surface area contributed by atoms with Crippen LogP contribution in [0.2, 0.25) is 0 Å². The summed E-state index contributed by atoms with van der Waals surface area (Å²) in [6.45, 7) is 0.120. The zero-order valence-electron chi connectivity index (χ0n) is 13.8. The smallest absolute Gasteiger partial charge is 0.327 e. The van der Waals surface area contributed by atoms with Crippen molar-refractivity contribution in [2.24, 2.45) is 5.92 Å². The van der Waals surface area contributed by atoms with Crippen LogP contribution in [0.3, 0.4) is 0 Å². The van der Waals surface area contributed by atoms with Crippen molar-refractivity contribution < 1.29 is 18.8 Å². The van der Waals surface area contributed by atoms with E-state index in [1.165, 1.54) is 38.4 Å². The molecule has 1 heterocycles. The summed E-state index contributed by atoms with van der Waals surface area (Å²) in [5.74, 6) is -0.731. The zero-order valence-corrected chi connectivity index (χ0v) is 13.8. The van der Waals surface area contributed by atoms with Crippen LogP contribution < -0.4 is 16.2 Å². The van der Waals surface area contributed by atoms with Crippen LogP contribution in [-0.4, -0.2) is 17.7 Å². The maximum absolute atomic E-state index is 11.7. The standard InChI is InChI=1S/C17H25N3O4/c21-15(10-4-8-13-6-2-1-3-7-13)19-20-17(23)16(22)18-12-14-9-5-11-24-14/h5,9,11,13H,1-4,6-8,10,12H2,(H,18,22)(H,19,21)(H,20,23). The minimum atomic E-state index is -0.901. The first-order valence-electron chi connectivity index (χ1n) is 8.54. The largest absolute Gasteiger partial charge is 0.467 e. The predicted octanol–water partition coefficient (Wildman–Crippen LogP) is 1.79. The van der Waals surface area contributed by atoms with E-state index < -0.39 is 11.8 Å². The molecule has 2 rings (SSSR count). The van der Waals surface area contributed by atoms with Gasteiger partial charge >= 0.3 is 11.8 Å². The molecule has 0 radical (unpaired) electrons. The van der Waals surface area contributed by atoms with E-state index in [0.717, 1.165) is 18.8 Å². The second-order valence-electron chi connectivity index (χ2n) is 6.16. The normalized spacial score (nSPS) is 14.8. The number of nitrogens with one attached hydrogen (secondary N) is 3. The van der Waals surface area contributed by atoms with E-state index in [4.69, 9.17) is 4.42 Å². The van der Waals surface area contributed by atoms with Crippen LogP contribution in [0.5, 0.6) is 0 Å². The van der Waals surface area contributed by atoms with Crippen molar-refractivity contribution in [1.82, 2.24) is 16.2 Å². The summed E-state index contributed by atoms with van der Waals surface area (Å²) in [7, 11) is 0. The molecular weight excluding hydrogens is 310 g/mol. The highest BCUT2D eigenvalue weighted by atomic mass is 16.3. The molecule has 0 spiro atoms. The zero-order chi connectivity index (χ0) is 17.2. The van der Waals surface area contributed by atoms with Crippen molar-refractivity contribution in [3.8, 4) is 0 Å². The summed E-state index contributed by atoms with van der Waals surface area (Å²) in [5.41, 5.74) is 4.39. The van der Waals surface area contributed by atoms with Crippen LogP contribution in [0.4, 0.5) is 0 Å². The Morgan fingerprint density at radius 1 is 1.08 bits per heavy atom. The minimum absolute atomic E-state index is 0.120. The fourth-order valence-electron chi connectivity index (χ4n) is 2.93. The van der Waals surface area contributed by atoms with E-state index in [1.807, 2.05) is 0 Å². The second-order valence-corrected chi connectivity index (χ2v) is 6.16. The SMILES string of the molecule is O=C(CCCC1CCCCC1)NNC(=O)C(=O)NCc1ccco1. The highest BCUT2D eigenvalue weighted by Crippen LogP contribution is 2.27. The minimum Gasteiger partial charge on any atom is -0.467 e. The average molecular weight is 335 g/mol. The van der Waals surface area contributed by atoms with Crippen molar-refractivity contribution in [1.29, 1.82) is 0 Å². The van der Waals surface area contributed by atoms with Gasteiger partial charge in [-0.2, -0.15) is 0 Å². The third kappa shape index (κ3) is 6.44. The maximum atomic E-state index is 11.7. The van der Waals surface area contributed by atoms with E-state index in [2.05, 4.69) is 16.2 Å². The van der Waals surface area contributed by atoms with Gasteiger partial charge < -0.3 is 9.73 Å². The number of hydrazine groups is 1. The average Bonchev–Trinajstić information content (AvgIpc) is 3.12. The Morgan fingerprint density at radius 3 is 2.58 bits per heavy atom. The van der Waals surface area contributed by atoms with E-state index in [0.29, 0.717) is 12.2 Å². The lowest BCUT2D eigenvalue weighted by molar-refractivity contribution is -0.141. The summed E-state index contributed by atoms with van der Waals surface area (Å²) >= 11 is 0. The number of hydrogen-bond acceptors (Lipinski definition) is 4. The molecule has 1 aliphatic carbocycles. The first kappa shape index (κ1) is 18.0. The lowest BCUT2D eigenvalue weighted by atomic mass is 9.86. The highest BCUT2D eigenvalue weighted by molar-refractivity contribution is 6.35. The molecule has 0 bridgehead atoms. The molecule has 0 unspecified atom stereocenters. The van der Waals surface area contributed by atoms with Gasteiger partial charge in [0.15, 0.2) is 0 Å². The molecule has 0 aliphatic heterocycles. The Labute approximate surface area is 141 Å². The summed E-state index contributed by atoms with van der Waals surface area (Å²) < 4.78 is 5.04. The van der Waals surface area contributed by atoms with Crippen molar-refractivity contribution >= 4 is 17.7 Å². The topological polar surface area (TPSA) is 100 Å². The summed E-state index contributed by atoms with van der Waals surface area (Å²) in [6.07, 6.45) is 10.1. The highest BCUT2D eigenvalue weighted by Gasteiger charge is 2.16. The molecule has 1 fully saturated rings. The fraction of sp³-hybridized carbons (Fsp3) is 0.588. The Morgan fingerprint density at radius 2 is 1.88 bits per heavy atom. The first-order chi connectivity index (χ1) is 11.6. The molecule has 24 heavy (non-hydrogen) atoms. The van der Waals surface area contributed by atoms with E-state index in [-0.39, 0.29) is 12.5 Å². The molecule has 0 atom stereocenters. The van der Waals surface area contributed by atoms with E-state index >= 15 is 0 Å². The van der Waals surface area contributed by atoms with Gasteiger partial charge in [0.1, 0.15) is 5.76 Å². The van der Waals surface area contributed by atoms with Crippen LogP contribution >= 0.6 is 0 Å². The molecule has 3 N–H and O–H groups in total. The van der Waals surface area contributed by atoms with Gasteiger partial charge in [-0.1, -0.05) is 32.1 Å². The first-order valence-corrected chi connectivity index (χ1v) is 8.54. The number of carbonyl (C=O) groups excluding carboxylic acids is 3. The number of furan rings is 1. The van der Waals surface area contributed by atoms with Crippen LogP contribution in [0.1, 0.15) is 57.1 Å². The molecule has 1 aliphatic rings. The Balaban J connectivity index is 1.54. The molecular formula is C17H25N3O4. The molecule has 7 heteroatoms. The van der Waals surface area contributed by atoms with Gasteiger partial charge in [0, 0.05) is 6.42 Å². The van der Waals surface area contributed by atoms with Gasteiger partial charge in [-0.05, 0) is 30.9 Å². The van der Waals surface area contributed by atoms with Crippen LogP contribution in [0.15, 0.2) is 22.8 Å². The molecule has 0 saturated heterocycles. The molecule has 1 saturated carbocycles. The summed E-state index contributed by atoms with van der Waals surface area (Å²) in [6, 6.07) is 3.38. The van der Waals surface area contributed by atoms with E-state index in [9.17, 15) is 14.4 Å². The van der Waals surface area contributed by atoms with Gasteiger partial charge in [0.05, 0.1) is 12.8 Å². The van der Waals surface area contributed by atoms with Gasteiger partial charge in [-0.25, -0.2) is 0 Å². The molecule has 0 aromatic carbocycles. The number of hydrogen-bond donors (Lipinski definition) is 3. The molecule has 1 aromatic rings. The maximum Gasteiger partial charge on any atom is 0.327 e. The predicted molar refractivity (Wildman–Crippen MR) is 87.3 cm³/mol. The van der Waals surface area contributed by atoms with Gasteiger partial charge in [0.25, 0.3) is 0 Å². The van der Waals surface area contributed by atoms with Crippen molar-refractivity contribution in [2.75, 3.05) is 0 Å². The molecule has 1 aromatic heterocycles. The van der Waals surface area contributed by atoms with Crippen LogP contribution in [0, 0.1) is 5.92 Å². The number of rotatable bonds is 6. The summed E-state index contributed by atoms with van der Waals surface area (Å²) in [4.78, 5) is 34.8. The van der Waals surface area contributed by atoms with Crippen LogP contribution in [-0.2, 0) is 20.9 Å². The van der Waals surface area contributed by atoms with Gasteiger partial charge in [-0.3, -0.25) is 25.2 Å². The molecule has 132 valence electrons. The summed E-state index contributed by atoms with van der Waals surface area (Å²) in [5, 5.41) is 2.40. The van der Waals surface area contributed by atoms with E-state index in [1.54, 1.807) is 12.1 Å².